The Kier molecular flexibility index (Phi) is 10.6. The number of methoxy groups -OCH3 is 2. The maximum atomic E-state index is 12.8. The van der Waals surface area contributed by atoms with Crippen LogP contribution in [0.4, 0.5) is 5.00 Å². The number of thiophene rings is 1. The lowest BCUT2D eigenvalue weighted by Gasteiger charge is -2.18. The van der Waals surface area contributed by atoms with Gasteiger partial charge < -0.3 is 24.1 Å². The Labute approximate surface area is 254 Å². The molecule has 0 radical (unpaired) electrons. The summed E-state index contributed by atoms with van der Waals surface area (Å²) in [5, 5.41) is 3.30. The minimum Gasteiger partial charge on any atom is -0.468 e. The minimum absolute atomic E-state index is 0.0294. The van der Waals surface area contributed by atoms with Crippen molar-refractivity contribution in [2.24, 2.45) is 10.9 Å². The largest absolute Gasteiger partial charge is 0.468 e. The molecule has 0 spiro atoms. The number of hydrogen-bond acceptors (Lipinski definition) is 11. The molecule has 1 atom stereocenters. The SMILES string of the molecule is CCOC(=O)c1ccc2c(c1)sc(=NC(=O)CSCC(=O)Nc1sc3c(c1C(=O)OC)CCC(C)C3)n2CC(=O)OC. The van der Waals surface area contributed by atoms with Crippen LogP contribution in [-0.2, 0) is 48.0 Å². The number of amides is 2. The first-order valence-electron chi connectivity index (χ1n) is 13.2. The molecule has 1 unspecified atom stereocenters. The van der Waals surface area contributed by atoms with Gasteiger partial charge in [-0.25, -0.2) is 9.59 Å². The number of ether oxygens (including phenoxy) is 3. The summed E-state index contributed by atoms with van der Waals surface area (Å²) in [6, 6.07) is 4.87. The van der Waals surface area contributed by atoms with Crippen LogP contribution < -0.4 is 10.1 Å². The molecule has 11 nitrogen and oxygen atoms in total. The number of thioether (sulfide) groups is 1. The molecule has 0 fully saturated rings. The highest BCUT2D eigenvalue weighted by Crippen LogP contribution is 2.40. The van der Waals surface area contributed by atoms with Crippen LogP contribution in [0, 0.1) is 5.92 Å². The fourth-order valence-corrected chi connectivity index (χ4v) is 7.64. The Morgan fingerprint density at radius 3 is 2.60 bits per heavy atom. The molecule has 1 aliphatic rings. The van der Waals surface area contributed by atoms with Crippen molar-refractivity contribution in [3.8, 4) is 0 Å². The molecule has 1 N–H and O–H groups in total. The number of aromatic nitrogens is 1. The van der Waals surface area contributed by atoms with Gasteiger partial charge in [-0.15, -0.1) is 23.1 Å². The zero-order valence-corrected chi connectivity index (χ0v) is 26.1. The lowest BCUT2D eigenvalue weighted by molar-refractivity contribution is -0.141. The highest BCUT2D eigenvalue weighted by atomic mass is 32.2. The van der Waals surface area contributed by atoms with Crippen LogP contribution in [0.5, 0.6) is 0 Å². The third-order valence-corrected chi connectivity index (χ3v) is 9.67. The monoisotopic (exact) mass is 633 g/mol. The number of nitrogens with zero attached hydrogens (tertiary/aromatic N) is 2. The van der Waals surface area contributed by atoms with Gasteiger partial charge in [0.05, 0.1) is 53.7 Å². The second kappa shape index (κ2) is 14.1. The second-order valence-electron chi connectivity index (χ2n) is 9.54. The molecule has 0 bridgehead atoms. The molecular weight excluding hydrogens is 603 g/mol. The number of benzene rings is 1. The zero-order chi connectivity index (χ0) is 30.4. The standard InChI is InChI=1S/C28H31N3O8S3/c1-5-39-26(35)16-7-9-18-20(11-16)42-28(31(18)12-23(34)37-3)30-22(33)14-40-13-21(32)29-25-24(27(36)38-4)17-8-6-15(2)10-19(17)41-25/h7,9,11,15H,5-6,8,10,12-14H2,1-4H3,(H,29,32). The number of hydrogen-bond donors (Lipinski definition) is 1. The molecule has 42 heavy (non-hydrogen) atoms. The van der Waals surface area contributed by atoms with Gasteiger partial charge in [0, 0.05) is 4.88 Å². The zero-order valence-electron chi connectivity index (χ0n) is 23.6. The van der Waals surface area contributed by atoms with Gasteiger partial charge in [-0.3, -0.25) is 14.4 Å². The van der Waals surface area contributed by atoms with Gasteiger partial charge in [0.1, 0.15) is 11.5 Å². The molecule has 1 aliphatic carbocycles. The fraction of sp³-hybridized carbons (Fsp3) is 0.429. The first-order chi connectivity index (χ1) is 20.1. The molecule has 2 amide bonds. The first-order valence-corrected chi connectivity index (χ1v) is 16.0. The van der Waals surface area contributed by atoms with Gasteiger partial charge >= 0.3 is 17.9 Å². The van der Waals surface area contributed by atoms with Crippen molar-refractivity contribution in [3.05, 3.63) is 44.6 Å². The highest BCUT2D eigenvalue weighted by Gasteiger charge is 2.29. The van der Waals surface area contributed by atoms with E-state index in [0.717, 1.165) is 52.8 Å². The first kappa shape index (κ1) is 31.4. The number of anilines is 1. The number of rotatable bonds is 10. The summed E-state index contributed by atoms with van der Waals surface area (Å²) in [7, 11) is 2.58. The van der Waals surface area contributed by atoms with E-state index in [1.54, 1.807) is 29.7 Å². The Morgan fingerprint density at radius 1 is 1.10 bits per heavy atom. The summed E-state index contributed by atoms with van der Waals surface area (Å²) in [6.07, 6.45) is 2.58. The van der Waals surface area contributed by atoms with E-state index >= 15 is 0 Å². The number of nitrogens with one attached hydrogen (secondary N) is 1. The third kappa shape index (κ3) is 7.28. The van der Waals surface area contributed by atoms with E-state index in [9.17, 15) is 24.0 Å². The number of carbonyl (C=O) groups excluding carboxylic acids is 5. The molecule has 0 aliphatic heterocycles. The van der Waals surface area contributed by atoms with Crippen LogP contribution in [-0.4, -0.2) is 66.6 Å². The molecule has 4 rings (SSSR count). The maximum Gasteiger partial charge on any atom is 0.341 e. The van der Waals surface area contributed by atoms with Gasteiger partial charge in [-0.2, -0.15) is 4.99 Å². The van der Waals surface area contributed by atoms with E-state index in [2.05, 4.69) is 17.2 Å². The van der Waals surface area contributed by atoms with E-state index in [1.807, 2.05) is 0 Å². The smallest absolute Gasteiger partial charge is 0.341 e. The lowest BCUT2D eigenvalue weighted by atomic mass is 9.88. The normalized spacial score (nSPS) is 14.8. The summed E-state index contributed by atoms with van der Waals surface area (Å²) < 4.78 is 17.0. The average molecular weight is 634 g/mol. The maximum absolute atomic E-state index is 12.8. The summed E-state index contributed by atoms with van der Waals surface area (Å²) in [6.45, 7) is 3.93. The van der Waals surface area contributed by atoms with Crippen LogP contribution in [0.15, 0.2) is 23.2 Å². The van der Waals surface area contributed by atoms with Crippen molar-refractivity contribution in [2.45, 2.75) is 39.7 Å². The molecule has 0 saturated heterocycles. The molecule has 3 aromatic rings. The Bertz CT molecular complexity index is 1600. The second-order valence-corrected chi connectivity index (χ2v) is 12.6. The van der Waals surface area contributed by atoms with Crippen molar-refractivity contribution in [1.29, 1.82) is 0 Å². The van der Waals surface area contributed by atoms with Crippen molar-refractivity contribution in [1.82, 2.24) is 4.57 Å². The van der Waals surface area contributed by atoms with Crippen LogP contribution in [0.25, 0.3) is 10.2 Å². The van der Waals surface area contributed by atoms with Crippen molar-refractivity contribution < 1.29 is 38.2 Å². The summed E-state index contributed by atoms with van der Waals surface area (Å²) in [5.74, 6) is -1.95. The van der Waals surface area contributed by atoms with E-state index in [1.165, 1.54) is 25.6 Å². The van der Waals surface area contributed by atoms with Crippen LogP contribution >= 0.6 is 34.4 Å². The lowest BCUT2D eigenvalue weighted by Crippen LogP contribution is -2.23. The summed E-state index contributed by atoms with van der Waals surface area (Å²) >= 11 is 3.63. The van der Waals surface area contributed by atoms with Crippen LogP contribution in [0.3, 0.4) is 0 Å². The minimum atomic E-state index is -0.528. The summed E-state index contributed by atoms with van der Waals surface area (Å²) in [4.78, 5) is 67.8. The number of fused-ring (bicyclic) bond motifs is 2. The number of carbonyl (C=O) groups is 5. The van der Waals surface area contributed by atoms with E-state index < -0.39 is 23.8 Å². The molecule has 2 aromatic heterocycles. The Balaban J connectivity index is 1.46. The van der Waals surface area contributed by atoms with Crippen LogP contribution in [0.1, 0.15) is 51.4 Å². The van der Waals surface area contributed by atoms with Gasteiger partial charge in [0.25, 0.3) is 5.91 Å². The van der Waals surface area contributed by atoms with E-state index in [0.29, 0.717) is 32.3 Å². The topological polar surface area (TPSA) is 142 Å². The van der Waals surface area contributed by atoms with Crippen molar-refractivity contribution >= 4 is 79.4 Å². The van der Waals surface area contributed by atoms with Gasteiger partial charge in [-0.1, -0.05) is 18.3 Å². The molecule has 1 aromatic carbocycles. The average Bonchev–Trinajstić information content (AvgIpc) is 3.48. The quantitative estimate of drug-likeness (QED) is 0.260. The Hall–Kier alpha value is -3.49. The molecule has 0 saturated carbocycles. The van der Waals surface area contributed by atoms with Gasteiger partial charge in [0.15, 0.2) is 4.80 Å². The molecule has 224 valence electrons. The van der Waals surface area contributed by atoms with E-state index in [-0.39, 0.29) is 35.4 Å². The fourth-order valence-electron chi connectivity index (χ4n) is 4.54. The predicted molar refractivity (Wildman–Crippen MR) is 161 cm³/mol. The van der Waals surface area contributed by atoms with Crippen molar-refractivity contribution in [2.75, 3.05) is 37.6 Å². The van der Waals surface area contributed by atoms with Gasteiger partial charge in [-0.05, 0) is 55.9 Å². The summed E-state index contributed by atoms with van der Waals surface area (Å²) in [5.41, 5.74) is 2.30. The Morgan fingerprint density at radius 2 is 1.88 bits per heavy atom. The van der Waals surface area contributed by atoms with Crippen molar-refractivity contribution in [3.63, 3.8) is 0 Å². The molecular formula is C28H31N3O8S3. The highest BCUT2D eigenvalue weighted by molar-refractivity contribution is 8.00. The third-order valence-electron chi connectivity index (χ3n) is 6.54. The van der Waals surface area contributed by atoms with Gasteiger partial charge in [0.2, 0.25) is 5.91 Å². The molecule has 2 heterocycles. The number of thiazole rings is 1. The predicted octanol–water partition coefficient (Wildman–Crippen LogP) is 3.82. The number of esters is 3. The van der Waals surface area contributed by atoms with E-state index in [4.69, 9.17) is 14.2 Å². The molecule has 14 heteroatoms. The van der Waals surface area contributed by atoms with Crippen LogP contribution in [0.2, 0.25) is 0 Å².